The van der Waals surface area contributed by atoms with Crippen molar-refractivity contribution in [1.82, 2.24) is 5.32 Å². The quantitative estimate of drug-likeness (QED) is 0.762. The lowest BCUT2D eigenvalue weighted by atomic mass is 10.0. The van der Waals surface area contributed by atoms with Crippen LogP contribution in [0, 0.1) is 13.8 Å². The average molecular weight is 394 g/mol. The van der Waals surface area contributed by atoms with Crippen LogP contribution in [-0.2, 0) is 14.3 Å². The van der Waals surface area contributed by atoms with Gasteiger partial charge in [-0.2, -0.15) is 0 Å². The van der Waals surface area contributed by atoms with Gasteiger partial charge in [0.2, 0.25) is 5.91 Å². The van der Waals surface area contributed by atoms with Gasteiger partial charge in [-0.15, -0.1) is 0 Å². The molecule has 0 bridgehead atoms. The average Bonchev–Trinajstić information content (AvgIpc) is 3.14. The summed E-state index contributed by atoms with van der Waals surface area (Å²) in [6.07, 6.45) is 1.24. The zero-order chi connectivity index (χ0) is 21.0. The Morgan fingerprint density at radius 1 is 1.14 bits per heavy atom. The van der Waals surface area contributed by atoms with Gasteiger partial charge in [-0.3, -0.25) is 9.59 Å². The van der Waals surface area contributed by atoms with Crippen molar-refractivity contribution in [3.8, 4) is 0 Å². The predicted octanol–water partition coefficient (Wildman–Crippen LogP) is 3.46. The molecule has 2 aromatic carbocycles. The van der Waals surface area contributed by atoms with E-state index < -0.39 is 5.97 Å². The molecule has 0 unspecified atom stereocenters. The molecule has 1 N–H and O–H groups in total. The van der Waals surface area contributed by atoms with E-state index in [9.17, 15) is 14.4 Å². The molecule has 0 aliphatic carbocycles. The van der Waals surface area contributed by atoms with Crippen molar-refractivity contribution in [1.29, 1.82) is 0 Å². The van der Waals surface area contributed by atoms with Gasteiger partial charge >= 0.3 is 5.97 Å². The molecule has 0 spiro atoms. The minimum atomic E-state index is -0.616. The van der Waals surface area contributed by atoms with E-state index in [1.807, 2.05) is 39.0 Å². The van der Waals surface area contributed by atoms with Crippen LogP contribution in [0.2, 0.25) is 0 Å². The summed E-state index contributed by atoms with van der Waals surface area (Å²) in [7, 11) is 0. The highest BCUT2D eigenvalue weighted by Gasteiger charge is 2.26. The number of carbonyl (C=O) groups is 3. The van der Waals surface area contributed by atoms with Crippen molar-refractivity contribution in [2.45, 2.75) is 39.7 Å². The third-order valence-corrected chi connectivity index (χ3v) is 5.23. The summed E-state index contributed by atoms with van der Waals surface area (Å²) in [6, 6.07) is 12.6. The third kappa shape index (κ3) is 4.83. The number of carbonyl (C=O) groups excluding carboxylic acids is 3. The monoisotopic (exact) mass is 394 g/mol. The summed E-state index contributed by atoms with van der Waals surface area (Å²) < 4.78 is 5.22. The Kier molecular flexibility index (Phi) is 6.32. The zero-order valence-electron chi connectivity index (χ0n) is 17.0. The normalized spacial score (nSPS) is 14.6. The van der Waals surface area contributed by atoms with Gasteiger partial charge in [-0.1, -0.05) is 30.3 Å². The molecule has 0 saturated carbocycles. The van der Waals surface area contributed by atoms with Crippen LogP contribution in [0.3, 0.4) is 0 Å². The van der Waals surface area contributed by atoms with E-state index in [1.165, 1.54) is 5.56 Å². The van der Waals surface area contributed by atoms with Crippen molar-refractivity contribution < 1.29 is 19.1 Å². The molecule has 1 aliphatic rings. The number of nitrogens with zero attached hydrogens (tertiary/aromatic N) is 1. The highest BCUT2D eigenvalue weighted by Crippen LogP contribution is 2.26. The number of aryl methyl sites for hydroxylation is 2. The third-order valence-electron chi connectivity index (χ3n) is 5.23. The Morgan fingerprint density at radius 2 is 1.90 bits per heavy atom. The lowest BCUT2D eigenvalue weighted by molar-refractivity contribution is -0.125. The molecule has 2 amide bonds. The fourth-order valence-electron chi connectivity index (χ4n) is 3.39. The van der Waals surface area contributed by atoms with Crippen LogP contribution in [0.4, 0.5) is 5.69 Å². The van der Waals surface area contributed by atoms with Crippen LogP contribution in [0.5, 0.6) is 0 Å². The number of benzene rings is 2. The van der Waals surface area contributed by atoms with Crippen molar-refractivity contribution in [2.24, 2.45) is 0 Å². The van der Waals surface area contributed by atoms with Gasteiger partial charge in [0.05, 0.1) is 17.3 Å². The highest BCUT2D eigenvalue weighted by atomic mass is 16.5. The van der Waals surface area contributed by atoms with E-state index in [0.717, 1.165) is 17.5 Å². The number of ether oxygens (including phenoxy) is 1. The Bertz CT molecular complexity index is 938. The Balaban J connectivity index is 1.60. The van der Waals surface area contributed by atoms with E-state index in [1.54, 1.807) is 29.2 Å². The van der Waals surface area contributed by atoms with E-state index in [2.05, 4.69) is 5.32 Å². The van der Waals surface area contributed by atoms with Gasteiger partial charge in [0.15, 0.2) is 6.61 Å². The summed E-state index contributed by atoms with van der Waals surface area (Å²) >= 11 is 0. The van der Waals surface area contributed by atoms with Crippen LogP contribution in [0.15, 0.2) is 42.5 Å². The van der Waals surface area contributed by atoms with Gasteiger partial charge in [-0.25, -0.2) is 4.79 Å². The van der Waals surface area contributed by atoms with Crippen molar-refractivity contribution in [3.05, 3.63) is 64.7 Å². The standard InChI is InChI=1S/C23H26N2O4/c1-15-10-11-18(13-16(15)2)17(3)24-21(26)14-29-23(28)19-7-4-5-8-20(19)25-12-6-9-22(25)27/h4-5,7-8,10-11,13,17H,6,9,12,14H2,1-3H3,(H,24,26)/t17-/m1/s1. The number of amides is 2. The molecular formula is C23H26N2O4. The smallest absolute Gasteiger partial charge is 0.340 e. The Morgan fingerprint density at radius 3 is 2.59 bits per heavy atom. The number of rotatable bonds is 6. The molecule has 6 nitrogen and oxygen atoms in total. The van der Waals surface area contributed by atoms with Crippen molar-refractivity contribution in [3.63, 3.8) is 0 Å². The second-order valence-corrected chi connectivity index (χ2v) is 7.38. The summed E-state index contributed by atoms with van der Waals surface area (Å²) in [4.78, 5) is 38.4. The molecule has 2 aromatic rings. The SMILES string of the molecule is Cc1ccc([C@@H](C)NC(=O)COC(=O)c2ccccc2N2CCCC2=O)cc1C. The first-order chi connectivity index (χ1) is 13.9. The minimum absolute atomic E-state index is 0.00907. The number of anilines is 1. The van der Waals surface area contributed by atoms with Gasteiger partial charge in [0.1, 0.15) is 0 Å². The molecule has 6 heteroatoms. The highest BCUT2D eigenvalue weighted by molar-refractivity contribution is 6.03. The summed E-state index contributed by atoms with van der Waals surface area (Å²) in [5, 5.41) is 2.85. The first kappa shape index (κ1) is 20.6. The van der Waals surface area contributed by atoms with Crippen molar-refractivity contribution >= 4 is 23.5 Å². The van der Waals surface area contributed by atoms with Crippen LogP contribution >= 0.6 is 0 Å². The molecule has 1 saturated heterocycles. The molecule has 29 heavy (non-hydrogen) atoms. The molecule has 0 radical (unpaired) electrons. The van der Waals surface area contributed by atoms with Gasteiger partial charge < -0.3 is 15.0 Å². The largest absolute Gasteiger partial charge is 0.452 e. The maximum Gasteiger partial charge on any atom is 0.340 e. The van der Waals surface area contributed by atoms with Crippen LogP contribution in [-0.4, -0.2) is 30.9 Å². The first-order valence-electron chi connectivity index (χ1n) is 9.80. The first-order valence-corrected chi connectivity index (χ1v) is 9.80. The topological polar surface area (TPSA) is 75.7 Å². The summed E-state index contributed by atoms with van der Waals surface area (Å²) in [5.74, 6) is -1.00. The molecule has 1 aliphatic heterocycles. The fraction of sp³-hybridized carbons (Fsp3) is 0.348. The second-order valence-electron chi connectivity index (χ2n) is 7.38. The fourth-order valence-corrected chi connectivity index (χ4v) is 3.39. The number of nitrogens with one attached hydrogen (secondary N) is 1. The molecule has 1 fully saturated rings. The van der Waals surface area contributed by atoms with Gasteiger partial charge in [0.25, 0.3) is 5.91 Å². The molecule has 1 atom stereocenters. The summed E-state index contributed by atoms with van der Waals surface area (Å²) in [6.45, 7) is 6.15. The maximum absolute atomic E-state index is 12.5. The molecule has 3 rings (SSSR count). The predicted molar refractivity (Wildman–Crippen MR) is 111 cm³/mol. The number of para-hydroxylation sites is 1. The molecule has 1 heterocycles. The molecular weight excluding hydrogens is 368 g/mol. The number of hydrogen-bond acceptors (Lipinski definition) is 4. The summed E-state index contributed by atoms with van der Waals surface area (Å²) in [5.41, 5.74) is 4.16. The molecule has 152 valence electrons. The lowest BCUT2D eigenvalue weighted by Gasteiger charge is -2.19. The van der Waals surface area contributed by atoms with Crippen LogP contribution in [0.1, 0.15) is 52.9 Å². The van der Waals surface area contributed by atoms with E-state index in [0.29, 0.717) is 18.7 Å². The van der Waals surface area contributed by atoms with E-state index in [4.69, 9.17) is 4.74 Å². The number of esters is 1. The maximum atomic E-state index is 12.5. The van der Waals surface area contributed by atoms with Crippen LogP contribution in [0.25, 0.3) is 0 Å². The second kappa shape index (κ2) is 8.90. The van der Waals surface area contributed by atoms with Gasteiger partial charge in [-0.05, 0) is 56.0 Å². The van der Waals surface area contributed by atoms with E-state index >= 15 is 0 Å². The van der Waals surface area contributed by atoms with Crippen molar-refractivity contribution in [2.75, 3.05) is 18.1 Å². The van der Waals surface area contributed by atoms with Gasteiger partial charge in [0, 0.05) is 13.0 Å². The Hall–Kier alpha value is -3.15. The van der Waals surface area contributed by atoms with Crippen LogP contribution < -0.4 is 10.2 Å². The number of hydrogen-bond donors (Lipinski definition) is 1. The zero-order valence-corrected chi connectivity index (χ0v) is 17.0. The Labute approximate surface area is 170 Å². The minimum Gasteiger partial charge on any atom is -0.452 e. The lowest BCUT2D eigenvalue weighted by Crippen LogP contribution is -2.31. The van der Waals surface area contributed by atoms with E-state index in [-0.39, 0.29) is 30.0 Å². The molecule has 0 aromatic heterocycles.